The fraction of sp³-hybridized carbons (Fsp3) is 0.421. The second-order valence-corrected chi connectivity index (χ2v) is 8.33. The topological polar surface area (TPSA) is 84.5 Å². The molecule has 6 nitrogen and oxygen atoms in total. The van der Waals surface area contributed by atoms with Gasteiger partial charge >= 0.3 is 5.97 Å². The number of ether oxygens (including phenoxy) is 1. The lowest BCUT2D eigenvalue weighted by Crippen LogP contribution is -2.45. The highest BCUT2D eigenvalue weighted by atomic mass is 32.2. The van der Waals surface area contributed by atoms with E-state index in [0.717, 1.165) is 0 Å². The third-order valence-electron chi connectivity index (χ3n) is 3.56. The fourth-order valence-corrected chi connectivity index (χ4v) is 4.05. The van der Waals surface area contributed by atoms with Crippen LogP contribution in [0.4, 0.5) is 0 Å². The number of benzene rings is 1. The van der Waals surface area contributed by atoms with E-state index in [1.807, 2.05) is 24.8 Å². The first-order chi connectivity index (χ1) is 13.5. The van der Waals surface area contributed by atoms with Crippen molar-refractivity contribution in [3.05, 3.63) is 45.8 Å². The summed E-state index contributed by atoms with van der Waals surface area (Å²) in [7, 11) is 0. The van der Waals surface area contributed by atoms with E-state index in [4.69, 9.17) is 4.74 Å². The first-order valence-electron chi connectivity index (χ1n) is 8.63. The van der Waals surface area contributed by atoms with Crippen molar-refractivity contribution in [2.45, 2.75) is 19.4 Å². The van der Waals surface area contributed by atoms with Crippen molar-refractivity contribution in [2.24, 2.45) is 0 Å². The highest BCUT2D eigenvalue weighted by Crippen LogP contribution is 2.27. The Bertz CT molecular complexity index is 690. The van der Waals surface area contributed by atoms with Gasteiger partial charge in [-0.2, -0.15) is 11.8 Å². The molecule has 0 saturated heterocycles. The van der Waals surface area contributed by atoms with Crippen molar-refractivity contribution < 1.29 is 19.1 Å². The van der Waals surface area contributed by atoms with Crippen LogP contribution in [-0.2, 0) is 14.3 Å². The molecule has 0 unspecified atom stereocenters. The van der Waals surface area contributed by atoms with Gasteiger partial charge in [-0.1, -0.05) is 18.2 Å². The summed E-state index contributed by atoms with van der Waals surface area (Å²) in [6, 6.07) is 7.88. The molecule has 0 spiro atoms. The second-order valence-electron chi connectivity index (χ2n) is 5.45. The Hall–Kier alpha value is -1.58. The van der Waals surface area contributed by atoms with Crippen molar-refractivity contribution in [2.75, 3.05) is 31.1 Å². The molecule has 0 aromatic heterocycles. The van der Waals surface area contributed by atoms with Gasteiger partial charge in [0.2, 0.25) is 0 Å². The van der Waals surface area contributed by atoms with Crippen LogP contribution >= 0.6 is 35.3 Å². The second kappa shape index (κ2) is 13.6. The smallest absolute Gasteiger partial charge is 0.328 e. The van der Waals surface area contributed by atoms with E-state index in [-0.39, 0.29) is 18.2 Å². The lowest BCUT2D eigenvalue weighted by molar-refractivity contribution is -0.147. The molecule has 1 aromatic carbocycles. The lowest BCUT2D eigenvalue weighted by atomic mass is 10.2. The molecule has 0 aliphatic heterocycles. The lowest BCUT2D eigenvalue weighted by Gasteiger charge is -2.19. The number of rotatable bonds is 11. The third-order valence-corrected chi connectivity index (χ3v) is 6.36. The molecule has 0 heterocycles. The number of carbonyl (C=O) groups excluding carboxylic acids is 3. The first-order valence-corrected chi connectivity index (χ1v) is 12.5. The normalized spacial score (nSPS) is 11.3. The molecule has 1 rings (SSSR count). The van der Waals surface area contributed by atoms with Crippen LogP contribution in [-0.4, -0.2) is 55.0 Å². The van der Waals surface area contributed by atoms with Gasteiger partial charge in [-0.25, -0.2) is 4.79 Å². The quantitative estimate of drug-likeness (QED) is 0.402. The number of nitrogens with one attached hydrogen (secondary N) is 2. The van der Waals surface area contributed by atoms with Gasteiger partial charge in [0.15, 0.2) is 0 Å². The Morgan fingerprint density at radius 2 is 1.71 bits per heavy atom. The molecule has 0 fully saturated rings. The number of hydrogen-bond acceptors (Lipinski definition) is 7. The minimum atomic E-state index is -0.770. The third kappa shape index (κ3) is 7.81. The maximum atomic E-state index is 12.9. The number of esters is 1. The van der Waals surface area contributed by atoms with E-state index in [9.17, 15) is 14.4 Å². The summed E-state index contributed by atoms with van der Waals surface area (Å²) < 4.78 is 5.72. The Labute approximate surface area is 179 Å². The highest BCUT2D eigenvalue weighted by Gasteiger charge is 2.26. The van der Waals surface area contributed by atoms with E-state index in [2.05, 4.69) is 10.6 Å². The van der Waals surface area contributed by atoms with Crippen LogP contribution in [0.1, 0.15) is 23.7 Å². The molecule has 0 bridgehead atoms. The van der Waals surface area contributed by atoms with E-state index < -0.39 is 17.9 Å². The van der Waals surface area contributed by atoms with Crippen LogP contribution < -0.4 is 10.6 Å². The largest absolute Gasteiger partial charge is 0.464 e. The van der Waals surface area contributed by atoms with E-state index in [0.29, 0.717) is 22.0 Å². The van der Waals surface area contributed by atoms with Crippen LogP contribution in [0.3, 0.4) is 0 Å². The number of amides is 2. The summed E-state index contributed by atoms with van der Waals surface area (Å²) in [4.78, 5) is 37.7. The standard InChI is InChI=1S/C19H26N2O4S3/c1-5-25-18(24)14(11-12-26-2)20-17(23)15(19(27-3)28-4)21-16(22)13-9-7-6-8-10-13/h6-10,14H,5,11-12H2,1-4H3,(H,20,23)(H,21,22)/t14-/m0/s1. The van der Waals surface area contributed by atoms with Gasteiger partial charge in [0, 0.05) is 5.56 Å². The molecule has 0 aliphatic rings. The molecular weight excluding hydrogens is 416 g/mol. The molecule has 2 amide bonds. The van der Waals surface area contributed by atoms with Crippen LogP contribution in [0.25, 0.3) is 0 Å². The van der Waals surface area contributed by atoms with E-state index in [1.165, 1.54) is 23.5 Å². The Morgan fingerprint density at radius 1 is 1.07 bits per heavy atom. The predicted molar refractivity (Wildman–Crippen MR) is 120 cm³/mol. The maximum absolute atomic E-state index is 12.9. The zero-order chi connectivity index (χ0) is 20.9. The zero-order valence-electron chi connectivity index (χ0n) is 16.4. The molecule has 0 saturated carbocycles. The van der Waals surface area contributed by atoms with Gasteiger partial charge in [0.25, 0.3) is 11.8 Å². The van der Waals surface area contributed by atoms with Crippen molar-refractivity contribution in [3.63, 3.8) is 0 Å². The zero-order valence-corrected chi connectivity index (χ0v) is 18.9. The Balaban J connectivity index is 3.05. The summed E-state index contributed by atoms with van der Waals surface area (Å²) in [6.45, 7) is 1.95. The van der Waals surface area contributed by atoms with Crippen LogP contribution in [0.5, 0.6) is 0 Å². The van der Waals surface area contributed by atoms with Gasteiger partial charge in [-0.05, 0) is 50.0 Å². The average Bonchev–Trinajstić information content (AvgIpc) is 2.71. The van der Waals surface area contributed by atoms with Crippen LogP contribution in [0.15, 0.2) is 40.3 Å². The fourth-order valence-electron chi connectivity index (χ4n) is 2.22. The Morgan fingerprint density at radius 3 is 2.25 bits per heavy atom. The highest BCUT2D eigenvalue weighted by molar-refractivity contribution is 8.21. The summed E-state index contributed by atoms with van der Waals surface area (Å²) in [5.74, 6) is -0.685. The molecule has 1 atom stereocenters. The molecule has 1 aromatic rings. The van der Waals surface area contributed by atoms with E-state index in [1.54, 1.807) is 43.0 Å². The monoisotopic (exact) mass is 442 g/mol. The predicted octanol–water partition coefficient (Wildman–Crippen LogP) is 3.11. The SMILES string of the molecule is CCOC(=O)[C@H](CCSC)NC(=O)C(NC(=O)c1ccccc1)=C(SC)SC. The molecule has 154 valence electrons. The summed E-state index contributed by atoms with van der Waals surface area (Å²) in [5.41, 5.74) is 0.575. The number of thioether (sulfide) groups is 3. The van der Waals surface area contributed by atoms with E-state index >= 15 is 0 Å². The van der Waals surface area contributed by atoms with Gasteiger partial charge in [-0.15, -0.1) is 23.5 Å². The van der Waals surface area contributed by atoms with Crippen LogP contribution in [0.2, 0.25) is 0 Å². The summed E-state index contributed by atoms with van der Waals surface area (Å²) in [5, 5.41) is 5.41. The number of carbonyl (C=O) groups is 3. The molecular formula is C19H26N2O4S3. The molecule has 28 heavy (non-hydrogen) atoms. The van der Waals surface area contributed by atoms with Crippen molar-refractivity contribution in [3.8, 4) is 0 Å². The first kappa shape index (κ1) is 24.5. The van der Waals surface area contributed by atoms with Crippen molar-refractivity contribution in [1.29, 1.82) is 0 Å². The van der Waals surface area contributed by atoms with Crippen LogP contribution in [0, 0.1) is 0 Å². The average molecular weight is 443 g/mol. The molecule has 0 aliphatic carbocycles. The summed E-state index contributed by atoms with van der Waals surface area (Å²) >= 11 is 4.28. The van der Waals surface area contributed by atoms with Gasteiger partial charge in [0.05, 0.1) is 10.8 Å². The van der Waals surface area contributed by atoms with Gasteiger partial charge in [-0.3, -0.25) is 9.59 Å². The van der Waals surface area contributed by atoms with Crippen molar-refractivity contribution in [1.82, 2.24) is 10.6 Å². The van der Waals surface area contributed by atoms with Gasteiger partial charge < -0.3 is 15.4 Å². The molecule has 0 radical (unpaired) electrons. The molecule has 9 heteroatoms. The Kier molecular flexibility index (Phi) is 11.9. The molecule has 2 N–H and O–H groups in total. The van der Waals surface area contributed by atoms with Crippen molar-refractivity contribution >= 4 is 53.1 Å². The minimum Gasteiger partial charge on any atom is -0.464 e. The minimum absolute atomic E-state index is 0.132. The van der Waals surface area contributed by atoms with Gasteiger partial charge in [0.1, 0.15) is 11.7 Å². The summed E-state index contributed by atoms with van der Waals surface area (Å²) in [6.07, 6.45) is 6.02. The maximum Gasteiger partial charge on any atom is 0.328 e. The number of hydrogen-bond donors (Lipinski definition) is 2.